The molecule has 9 nitrogen and oxygen atoms in total. The molecule has 3 amide bonds. The van der Waals surface area contributed by atoms with Crippen molar-refractivity contribution in [2.45, 2.75) is 57.6 Å². The van der Waals surface area contributed by atoms with Crippen LogP contribution in [0.1, 0.15) is 50.3 Å². The van der Waals surface area contributed by atoms with Crippen molar-refractivity contribution in [2.24, 2.45) is 5.92 Å². The van der Waals surface area contributed by atoms with Gasteiger partial charge in [-0.25, -0.2) is 9.48 Å². The molecular weight excluding hydrogens is 410 g/mol. The van der Waals surface area contributed by atoms with E-state index in [0.717, 1.165) is 42.9 Å². The number of aliphatic hydroxyl groups is 1. The van der Waals surface area contributed by atoms with Crippen molar-refractivity contribution in [2.75, 3.05) is 19.7 Å². The number of amides is 3. The average molecular weight is 442 g/mol. The summed E-state index contributed by atoms with van der Waals surface area (Å²) in [6, 6.07) is 7.37. The van der Waals surface area contributed by atoms with Gasteiger partial charge in [-0.3, -0.25) is 10.1 Å². The molecule has 9 heteroatoms. The van der Waals surface area contributed by atoms with E-state index < -0.39 is 5.60 Å². The second kappa shape index (κ2) is 9.68. The highest BCUT2D eigenvalue weighted by molar-refractivity contribution is 6.01. The lowest BCUT2D eigenvalue weighted by Gasteiger charge is -2.28. The standard InChI is InChI=1S/C23H31N5O4/c1-2-23(31,18-6-5-8-20(12-18)32-15-17-9-10-17)16-28-19(13-24-26-28)7-3-4-11-27-14-21(29)25-22(27)30/h5-6,8,12-13,17,31H,2-4,7,9-11,14-16H2,1H3,(H,25,29,30)/t23-/m1/s1. The first-order chi connectivity index (χ1) is 15.5. The van der Waals surface area contributed by atoms with Crippen LogP contribution in [0.5, 0.6) is 5.75 Å². The molecule has 1 saturated carbocycles. The van der Waals surface area contributed by atoms with Gasteiger partial charge < -0.3 is 14.7 Å². The molecule has 1 aromatic heterocycles. The summed E-state index contributed by atoms with van der Waals surface area (Å²) in [5.41, 5.74) is 0.648. The molecule has 0 radical (unpaired) electrons. The van der Waals surface area contributed by atoms with Gasteiger partial charge >= 0.3 is 6.03 Å². The zero-order valence-electron chi connectivity index (χ0n) is 18.5. The van der Waals surface area contributed by atoms with E-state index in [1.165, 1.54) is 17.7 Å². The Morgan fingerprint density at radius 3 is 2.84 bits per heavy atom. The summed E-state index contributed by atoms with van der Waals surface area (Å²) in [5.74, 6) is 1.20. The summed E-state index contributed by atoms with van der Waals surface area (Å²) < 4.78 is 7.65. The van der Waals surface area contributed by atoms with E-state index in [2.05, 4.69) is 15.6 Å². The van der Waals surface area contributed by atoms with Crippen molar-refractivity contribution >= 4 is 11.9 Å². The van der Waals surface area contributed by atoms with Crippen LogP contribution in [0.15, 0.2) is 30.5 Å². The molecule has 32 heavy (non-hydrogen) atoms. The van der Waals surface area contributed by atoms with E-state index in [9.17, 15) is 14.7 Å². The number of unbranched alkanes of at least 4 members (excludes halogenated alkanes) is 1. The lowest BCUT2D eigenvalue weighted by molar-refractivity contribution is -0.118. The number of carbonyl (C=O) groups excluding carboxylic acids is 2. The van der Waals surface area contributed by atoms with Crippen LogP contribution in [0.4, 0.5) is 4.79 Å². The smallest absolute Gasteiger partial charge is 0.324 e. The molecule has 0 bridgehead atoms. The van der Waals surface area contributed by atoms with E-state index >= 15 is 0 Å². The molecule has 172 valence electrons. The van der Waals surface area contributed by atoms with E-state index in [-0.39, 0.29) is 18.5 Å². The minimum absolute atomic E-state index is 0.130. The molecule has 2 fully saturated rings. The van der Waals surface area contributed by atoms with E-state index in [1.807, 2.05) is 31.2 Å². The lowest BCUT2D eigenvalue weighted by atomic mass is 9.90. The monoisotopic (exact) mass is 441 g/mol. The Labute approximate surface area is 187 Å². The van der Waals surface area contributed by atoms with Crippen molar-refractivity contribution in [1.29, 1.82) is 0 Å². The number of hydrogen-bond acceptors (Lipinski definition) is 6. The van der Waals surface area contributed by atoms with Crippen molar-refractivity contribution in [1.82, 2.24) is 25.2 Å². The van der Waals surface area contributed by atoms with Gasteiger partial charge in [0.05, 0.1) is 25.0 Å². The van der Waals surface area contributed by atoms with Gasteiger partial charge in [-0.15, -0.1) is 5.10 Å². The van der Waals surface area contributed by atoms with Gasteiger partial charge in [-0.2, -0.15) is 0 Å². The SMILES string of the molecule is CC[C@@](O)(Cn1nncc1CCCCN1CC(=O)NC1=O)c1cccc(OCC2CC2)c1. The van der Waals surface area contributed by atoms with E-state index in [1.54, 1.807) is 10.9 Å². The number of rotatable bonds is 12. The van der Waals surface area contributed by atoms with Crippen LogP contribution in [0, 0.1) is 5.92 Å². The second-order valence-electron chi connectivity index (χ2n) is 8.78. The maximum Gasteiger partial charge on any atom is 0.324 e. The third-order valence-electron chi connectivity index (χ3n) is 6.23. The van der Waals surface area contributed by atoms with Crippen molar-refractivity contribution in [3.05, 3.63) is 41.7 Å². The predicted octanol–water partition coefficient (Wildman–Crippen LogP) is 2.24. The number of imide groups is 1. The highest BCUT2D eigenvalue weighted by Crippen LogP contribution is 2.32. The van der Waals surface area contributed by atoms with Crippen LogP contribution in [0.2, 0.25) is 0 Å². The normalized spacial score (nSPS) is 18.0. The van der Waals surface area contributed by atoms with Crippen LogP contribution in [0.25, 0.3) is 0 Å². The molecule has 2 aromatic rings. The molecule has 2 aliphatic rings. The highest BCUT2D eigenvalue weighted by atomic mass is 16.5. The van der Waals surface area contributed by atoms with Gasteiger partial charge in [0, 0.05) is 6.54 Å². The molecule has 1 aliphatic heterocycles. The number of aryl methyl sites for hydroxylation is 1. The van der Waals surface area contributed by atoms with Crippen molar-refractivity contribution < 1.29 is 19.4 Å². The Kier molecular flexibility index (Phi) is 6.74. The molecule has 1 atom stereocenters. The first-order valence-corrected chi connectivity index (χ1v) is 11.4. The maximum absolute atomic E-state index is 11.6. The van der Waals surface area contributed by atoms with E-state index in [4.69, 9.17) is 4.74 Å². The van der Waals surface area contributed by atoms with Crippen LogP contribution < -0.4 is 10.1 Å². The topological polar surface area (TPSA) is 110 Å². The Morgan fingerprint density at radius 1 is 1.28 bits per heavy atom. The maximum atomic E-state index is 11.6. The third kappa shape index (κ3) is 5.45. The fourth-order valence-electron chi connectivity index (χ4n) is 3.91. The number of hydrogen-bond donors (Lipinski definition) is 2. The quantitative estimate of drug-likeness (QED) is 0.386. The Hall–Kier alpha value is -2.94. The predicted molar refractivity (Wildman–Crippen MR) is 117 cm³/mol. The highest BCUT2D eigenvalue weighted by Gasteiger charge is 2.30. The number of carbonyl (C=O) groups is 2. The zero-order valence-corrected chi connectivity index (χ0v) is 18.5. The summed E-state index contributed by atoms with van der Waals surface area (Å²) >= 11 is 0. The van der Waals surface area contributed by atoms with Gasteiger partial charge in [-0.05, 0) is 62.1 Å². The van der Waals surface area contributed by atoms with Crippen LogP contribution >= 0.6 is 0 Å². The fraction of sp³-hybridized carbons (Fsp3) is 0.565. The summed E-state index contributed by atoms with van der Waals surface area (Å²) in [4.78, 5) is 24.4. The van der Waals surface area contributed by atoms with Gasteiger partial charge in [0.1, 0.15) is 17.9 Å². The first-order valence-electron chi connectivity index (χ1n) is 11.4. The number of nitrogens with one attached hydrogen (secondary N) is 1. The van der Waals surface area contributed by atoms with Crippen LogP contribution in [0.3, 0.4) is 0 Å². The zero-order chi connectivity index (χ0) is 22.6. The number of aromatic nitrogens is 3. The summed E-state index contributed by atoms with van der Waals surface area (Å²) in [7, 11) is 0. The van der Waals surface area contributed by atoms with Crippen LogP contribution in [-0.4, -0.2) is 56.6 Å². The van der Waals surface area contributed by atoms with E-state index in [0.29, 0.717) is 25.4 Å². The Morgan fingerprint density at radius 2 is 2.12 bits per heavy atom. The molecule has 2 heterocycles. The Balaban J connectivity index is 1.34. The largest absolute Gasteiger partial charge is 0.493 e. The molecule has 0 unspecified atom stereocenters. The summed E-state index contributed by atoms with van der Waals surface area (Å²) in [6.07, 6.45) is 7.02. The van der Waals surface area contributed by atoms with Crippen LogP contribution in [-0.2, 0) is 23.4 Å². The number of urea groups is 1. The van der Waals surface area contributed by atoms with Gasteiger partial charge in [0.2, 0.25) is 5.91 Å². The molecule has 2 N–H and O–H groups in total. The van der Waals surface area contributed by atoms with Crippen molar-refractivity contribution in [3.63, 3.8) is 0 Å². The van der Waals surface area contributed by atoms with Gasteiger partial charge in [-0.1, -0.05) is 24.3 Å². The average Bonchev–Trinajstić information content (AvgIpc) is 3.43. The minimum Gasteiger partial charge on any atom is -0.493 e. The molecular formula is C23H31N5O4. The minimum atomic E-state index is -1.09. The molecule has 1 saturated heterocycles. The molecule has 1 aromatic carbocycles. The molecule has 1 aliphatic carbocycles. The van der Waals surface area contributed by atoms with Gasteiger partial charge in [0.25, 0.3) is 0 Å². The summed E-state index contributed by atoms with van der Waals surface area (Å²) in [5, 5.41) is 22.0. The van der Waals surface area contributed by atoms with Crippen molar-refractivity contribution in [3.8, 4) is 5.75 Å². The Bertz CT molecular complexity index is 957. The number of nitrogens with zero attached hydrogens (tertiary/aromatic N) is 4. The summed E-state index contributed by atoms with van der Waals surface area (Å²) in [6.45, 7) is 3.65. The third-order valence-corrected chi connectivity index (χ3v) is 6.23. The molecule has 0 spiro atoms. The lowest BCUT2D eigenvalue weighted by Crippen LogP contribution is -2.32. The molecule has 4 rings (SSSR count). The fourth-order valence-corrected chi connectivity index (χ4v) is 3.91. The van der Waals surface area contributed by atoms with Gasteiger partial charge in [0.15, 0.2) is 0 Å². The second-order valence-corrected chi connectivity index (χ2v) is 8.78. The number of benzene rings is 1. The number of ether oxygens (including phenoxy) is 1. The first kappa shape index (κ1) is 22.3.